The third-order valence-corrected chi connectivity index (χ3v) is 3.52. The minimum atomic E-state index is 0.0728. The first-order valence-electron chi connectivity index (χ1n) is 6.47. The number of nitrogens with zero attached hydrogens (tertiary/aromatic N) is 1. The van der Waals surface area contributed by atoms with Gasteiger partial charge in [0.2, 0.25) is 0 Å². The molecule has 2 nitrogen and oxygen atoms in total. The molecule has 96 valence electrons. The summed E-state index contributed by atoms with van der Waals surface area (Å²) in [6, 6.07) is 11.3. The zero-order chi connectivity index (χ0) is 13.0. The third-order valence-electron chi connectivity index (χ3n) is 3.52. The van der Waals surface area contributed by atoms with Crippen LogP contribution in [0.25, 0.3) is 0 Å². The van der Waals surface area contributed by atoms with Crippen molar-refractivity contribution in [2.75, 3.05) is 7.05 Å². The summed E-state index contributed by atoms with van der Waals surface area (Å²) in [5, 5.41) is 0. The largest absolute Gasteiger partial charge is 0.323 e. The van der Waals surface area contributed by atoms with Crippen LogP contribution in [0.3, 0.4) is 0 Å². The smallest absolute Gasteiger partial charge is 0.0455 e. The Balaban J connectivity index is 2.92. The molecule has 2 heteroatoms. The molecule has 2 atom stereocenters. The average Bonchev–Trinajstić information content (AvgIpc) is 2.29. The fraction of sp³-hybridized carbons (Fsp3) is 0.600. The maximum Gasteiger partial charge on any atom is 0.0455 e. The molecule has 0 bridgehead atoms. The highest BCUT2D eigenvalue weighted by atomic mass is 15.2. The molecular formula is C15H26N2. The van der Waals surface area contributed by atoms with E-state index in [0.717, 1.165) is 0 Å². The normalized spacial score (nSPS) is 15.6. The Morgan fingerprint density at radius 1 is 1.00 bits per heavy atom. The van der Waals surface area contributed by atoms with Crippen molar-refractivity contribution in [1.29, 1.82) is 0 Å². The van der Waals surface area contributed by atoms with Crippen LogP contribution in [-0.4, -0.2) is 24.0 Å². The molecule has 1 rings (SSSR count). The van der Waals surface area contributed by atoms with E-state index in [9.17, 15) is 0 Å². The Morgan fingerprint density at radius 3 is 1.94 bits per heavy atom. The SMILES string of the molecule is CC(C)C(C(N)c1ccccc1)N(C)C(C)C. The minimum absolute atomic E-state index is 0.0728. The van der Waals surface area contributed by atoms with Crippen LogP contribution in [0.4, 0.5) is 0 Å². The second-order valence-electron chi connectivity index (χ2n) is 5.43. The van der Waals surface area contributed by atoms with E-state index in [1.54, 1.807) is 0 Å². The highest BCUT2D eigenvalue weighted by Gasteiger charge is 2.27. The Hall–Kier alpha value is -0.860. The summed E-state index contributed by atoms with van der Waals surface area (Å²) in [6.07, 6.45) is 0. The number of hydrogen-bond donors (Lipinski definition) is 1. The molecule has 17 heavy (non-hydrogen) atoms. The molecule has 0 spiro atoms. The highest BCUT2D eigenvalue weighted by molar-refractivity contribution is 5.20. The number of likely N-dealkylation sites (N-methyl/N-ethyl adjacent to an activating group) is 1. The molecule has 2 N–H and O–H groups in total. The summed E-state index contributed by atoms with van der Waals surface area (Å²) in [6.45, 7) is 8.92. The molecule has 0 aliphatic carbocycles. The monoisotopic (exact) mass is 234 g/mol. The number of nitrogens with two attached hydrogens (primary N) is 1. The van der Waals surface area contributed by atoms with Crippen molar-refractivity contribution >= 4 is 0 Å². The second-order valence-corrected chi connectivity index (χ2v) is 5.43. The van der Waals surface area contributed by atoms with Crippen LogP contribution in [0.5, 0.6) is 0 Å². The van der Waals surface area contributed by atoms with Gasteiger partial charge in [-0.3, -0.25) is 4.90 Å². The van der Waals surface area contributed by atoms with Gasteiger partial charge in [0.05, 0.1) is 0 Å². The van der Waals surface area contributed by atoms with Gasteiger partial charge in [-0.25, -0.2) is 0 Å². The maximum absolute atomic E-state index is 6.44. The van der Waals surface area contributed by atoms with Gasteiger partial charge < -0.3 is 5.73 Å². The van der Waals surface area contributed by atoms with Crippen LogP contribution in [0.15, 0.2) is 30.3 Å². The summed E-state index contributed by atoms with van der Waals surface area (Å²) >= 11 is 0. The lowest BCUT2D eigenvalue weighted by atomic mass is 9.90. The van der Waals surface area contributed by atoms with Gasteiger partial charge in [0.15, 0.2) is 0 Å². The molecular weight excluding hydrogens is 208 g/mol. The van der Waals surface area contributed by atoms with Crippen molar-refractivity contribution in [2.24, 2.45) is 11.7 Å². The summed E-state index contributed by atoms with van der Waals surface area (Å²) in [5.74, 6) is 0.539. The van der Waals surface area contributed by atoms with Crippen LogP contribution < -0.4 is 5.73 Å². The Kier molecular flexibility index (Phi) is 5.16. The van der Waals surface area contributed by atoms with E-state index < -0.39 is 0 Å². The van der Waals surface area contributed by atoms with Crippen LogP contribution in [-0.2, 0) is 0 Å². The van der Waals surface area contributed by atoms with Crippen molar-refractivity contribution in [3.05, 3.63) is 35.9 Å². The topological polar surface area (TPSA) is 29.3 Å². The minimum Gasteiger partial charge on any atom is -0.323 e. The average molecular weight is 234 g/mol. The van der Waals surface area contributed by atoms with Gasteiger partial charge in [-0.2, -0.15) is 0 Å². The van der Waals surface area contributed by atoms with Crippen molar-refractivity contribution in [3.63, 3.8) is 0 Å². The van der Waals surface area contributed by atoms with Gasteiger partial charge in [-0.1, -0.05) is 44.2 Å². The summed E-state index contributed by atoms with van der Waals surface area (Å²) < 4.78 is 0. The zero-order valence-electron chi connectivity index (χ0n) is 11.7. The van der Waals surface area contributed by atoms with Gasteiger partial charge in [0.25, 0.3) is 0 Å². The summed E-state index contributed by atoms with van der Waals surface area (Å²) in [5.41, 5.74) is 7.66. The van der Waals surface area contributed by atoms with E-state index >= 15 is 0 Å². The molecule has 0 fully saturated rings. The molecule has 0 amide bonds. The van der Waals surface area contributed by atoms with Gasteiger partial charge in [0.1, 0.15) is 0 Å². The third kappa shape index (κ3) is 3.55. The van der Waals surface area contributed by atoms with Crippen molar-refractivity contribution in [2.45, 2.75) is 45.8 Å². The predicted molar refractivity (Wildman–Crippen MR) is 74.9 cm³/mol. The fourth-order valence-electron chi connectivity index (χ4n) is 2.35. The van der Waals surface area contributed by atoms with Crippen LogP contribution >= 0.6 is 0 Å². The van der Waals surface area contributed by atoms with E-state index in [1.807, 2.05) is 6.07 Å². The molecule has 0 aliphatic heterocycles. The lowest BCUT2D eigenvalue weighted by molar-refractivity contribution is 0.129. The second kappa shape index (κ2) is 6.18. The molecule has 1 aromatic carbocycles. The van der Waals surface area contributed by atoms with Gasteiger partial charge in [-0.15, -0.1) is 0 Å². The molecule has 0 aromatic heterocycles. The number of rotatable bonds is 5. The first kappa shape index (κ1) is 14.2. The Morgan fingerprint density at radius 2 is 1.53 bits per heavy atom. The Labute approximate surface area is 106 Å². The van der Waals surface area contributed by atoms with Crippen LogP contribution in [0.1, 0.15) is 39.3 Å². The molecule has 2 unspecified atom stereocenters. The van der Waals surface area contributed by atoms with Crippen molar-refractivity contribution in [1.82, 2.24) is 4.90 Å². The van der Waals surface area contributed by atoms with Crippen LogP contribution in [0.2, 0.25) is 0 Å². The first-order chi connectivity index (χ1) is 7.95. The molecule has 0 radical (unpaired) electrons. The lowest BCUT2D eigenvalue weighted by Gasteiger charge is -2.38. The predicted octanol–water partition coefficient (Wildman–Crippen LogP) is 3.05. The van der Waals surface area contributed by atoms with Crippen molar-refractivity contribution < 1.29 is 0 Å². The first-order valence-corrected chi connectivity index (χ1v) is 6.47. The van der Waals surface area contributed by atoms with Crippen LogP contribution in [0, 0.1) is 5.92 Å². The molecule has 0 saturated carbocycles. The highest BCUT2D eigenvalue weighted by Crippen LogP contribution is 2.24. The standard InChI is InChI=1S/C15H26N2/c1-11(2)15(17(5)12(3)4)14(16)13-9-7-6-8-10-13/h6-12,14-15H,16H2,1-5H3. The van der Waals surface area contributed by atoms with Gasteiger partial charge in [-0.05, 0) is 32.4 Å². The Bertz CT molecular complexity index is 319. The van der Waals surface area contributed by atoms with Gasteiger partial charge >= 0.3 is 0 Å². The lowest BCUT2D eigenvalue weighted by Crippen LogP contribution is -2.47. The molecule has 0 aliphatic rings. The van der Waals surface area contributed by atoms with Gasteiger partial charge in [0, 0.05) is 18.1 Å². The van der Waals surface area contributed by atoms with E-state index in [-0.39, 0.29) is 6.04 Å². The van der Waals surface area contributed by atoms with E-state index in [1.165, 1.54) is 5.56 Å². The summed E-state index contributed by atoms with van der Waals surface area (Å²) in [4.78, 5) is 2.38. The van der Waals surface area contributed by atoms with E-state index in [2.05, 4.69) is 63.9 Å². The molecule has 0 heterocycles. The fourth-order valence-corrected chi connectivity index (χ4v) is 2.35. The van der Waals surface area contributed by atoms with Crippen molar-refractivity contribution in [3.8, 4) is 0 Å². The number of benzene rings is 1. The zero-order valence-corrected chi connectivity index (χ0v) is 11.7. The molecule has 0 saturated heterocycles. The molecule has 1 aromatic rings. The quantitative estimate of drug-likeness (QED) is 0.848. The van der Waals surface area contributed by atoms with E-state index in [0.29, 0.717) is 18.0 Å². The van der Waals surface area contributed by atoms with E-state index in [4.69, 9.17) is 5.73 Å². The maximum atomic E-state index is 6.44. The summed E-state index contributed by atoms with van der Waals surface area (Å²) in [7, 11) is 2.16. The number of hydrogen-bond acceptors (Lipinski definition) is 2.